The molecule has 1 fully saturated rings. The molecule has 4 amide bonds. The summed E-state index contributed by atoms with van der Waals surface area (Å²) in [5.74, 6) is -13.3. The molecule has 11 rings (SSSR count). The highest BCUT2D eigenvalue weighted by Crippen LogP contribution is 2.50. The quantitative estimate of drug-likeness (QED) is 0.0875. The number of fused-ring (bicyclic) bond motifs is 15. The van der Waals surface area contributed by atoms with Crippen LogP contribution >= 0.6 is 35.4 Å². The lowest BCUT2D eigenvalue weighted by Crippen LogP contribution is -2.60. The fourth-order valence-electron chi connectivity index (χ4n) is 11.3. The van der Waals surface area contributed by atoms with Gasteiger partial charge in [0, 0.05) is 53.8 Å². The molecule has 0 spiro atoms. The van der Waals surface area contributed by atoms with E-state index in [2.05, 4.69) is 21.3 Å². The number of ketones is 2. The molecule has 11 bridgehead atoms. The van der Waals surface area contributed by atoms with Crippen LogP contribution in [0.5, 0.6) is 46.0 Å². The molecule has 13 atom stereocenters. The largest absolute Gasteiger partial charge is 0.508 e. The van der Waals surface area contributed by atoms with Crippen LogP contribution in [0.4, 0.5) is 0 Å². The molecule has 468 valence electrons. The van der Waals surface area contributed by atoms with Crippen molar-refractivity contribution in [3.63, 3.8) is 0 Å². The molecular formula is C61H65Cl2N5O19S. The molecule has 3 unspecified atom stereocenters. The first kappa shape index (κ1) is 64.9. The van der Waals surface area contributed by atoms with Gasteiger partial charge in [-0.05, 0) is 108 Å². The summed E-state index contributed by atoms with van der Waals surface area (Å²) in [5, 5.41) is 112. The number of ether oxygens (including phenoxy) is 4. The van der Waals surface area contributed by atoms with Crippen molar-refractivity contribution >= 4 is 75.5 Å². The summed E-state index contributed by atoms with van der Waals surface area (Å²) in [7, 11) is 1.53. The van der Waals surface area contributed by atoms with Gasteiger partial charge in [-0.25, -0.2) is 0 Å². The zero-order chi connectivity index (χ0) is 63.7. The number of hydrogen-bond acceptors (Lipinski definition) is 21. The number of benzene rings is 5. The minimum Gasteiger partial charge on any atom is -0.508 e. The Labute approximate surface area is 518 Å². The van der Waals surface area contributed by atoms with E-state index < -0.39 is 187 Å². The number of aliphatic hydroxyl groups is 6. The fraction of sp³-hybridized carbons (Fsp3) is 0.393. The molecular weight excluding hydrogens is 1210 g/mol. The van der Waals surface area contributed by atoms with Gasteiger partial charge in [0.2, 0.25) is 35.7 Å². The Bertz CT molecular complexity index is 3570. The number of Topliss-reactive ketones (excluding diaryl/α,β-unsaturated/α-hetero) is 2. The zero-order valence-corrected chi connectivity index (χ0v) is 49.7. The summed E-state index contributed by atoms with van der Waals surface area (Å²) in [5.41, 5.74) is 5.76. The van der Waals surface area contributed by atoms with Crippen molar-refractivity contribution in [1.29, 1.82) is 0 Å². The maximum absolute atomic E-state index is 15.4. The van der Waals surface area contributed by atoms with E-state index in [1.54, 1.807) is 0 Å². The molecule has 27 heteroatoms. The first-order chi connectivity index (χ1) is 41.7. The molecule has 15 N–H and O–H groups in total. The Morgan fingerprint density at radius 3 is 1.99 bits per heavy atom. The van der Waals surface area contributed by atoms with Crippen LogP contribution in [-0.4, -0.2) is 142 Å². The zero-order valence-electron chi connectivity index (χ0n) is 47.4. The fourth-order valence-corrected chi connectivity index (χ4v) is 12.1. The SMILES string of the molecule is CN[C@H](CC(C)C)C(=O)N[C@H]1C(=O)C[C@@H](CC(N)=O)C(=O)N[C@H]2C(=S)C[C@@H]3C(=O)C[C@H](C(=O)NCc4cc(O)cc(O)c4-c4cc3ccc4O)[C@H](O)c3ccc(c(Cl)c3)Oc3cc2cc(c3OC2OC(CO)C(O)[C@H](O)[C@H]2O)Oc2ccc(cc2Cl)[C@H]1O. The second-order valence-electron chi connectivity index (χ2n) is 22.6. The van der Waals surface area contributed by atoms with Crippen molar-refractivity contribution in [2.45, 2.75) is 119 Å². The number of halogens is 2. The van der Waals surface area contributed by atoms with Crippen LogP contribution in [0.1, 0.15) is 97.9 Å². The van der Waals surface area contributed by atoms with Crippen LogP contribution in [0.2, 0.25) is 10.0 Å². The summed E-state index contributed by atoms with van der Waals surface area (Å²) in [6, 6.07) is 12.1. The Balaban J connectivity index is 1.31. The van der Waals surface area contributed by atoms with Crippen molar-refractivity contribution in [3.8, 4) is 57.1 Å². The molecule has 88 heavy (non-hydrogen) atoms. The molecule has 0 radical (unpaired) electrons. The third-order valence-corrected chi connectivity index (χ3v) is 17.0. The smallest absolute Gasteiger partial charge is 0.237 e. The van der Waals surface area contributed by atoms with E-state index in [4.69, 9.17) is 60.1 Å². The third kappa shape index (κ3) is 13.8. The van der Waals surface area contributed by atoms with E-state index >= 15 is 9.59 Å². The highest BCUT2D eigenvalue weighted by Gasteiger charge is 2.46. The van der Waals surface area contributed by atoms with Crippen LogP contribution in [-0.2, 0) is 40.0 Å². The topological polar surface area (TPSA) is 396 Å². The highest BCUT2D eigenvalue weighted by atomic mass is 35.5. The van der Waals surface area contributed by atoms with E-state index in [0.29, 0.717) is 6.42 Å². The van der Waals surface area contributed by atoms with Gasteiger partial charge < -0.3 is 91.9 Å². The average Bonchev–Trinajstić information content (AvgIpc) is 0.953. The van der Waals surface area contributed by atoms with Crippen LogP contribution in [0.25, 0.3) is 11.1 Å². The van der Waals surface area contributed by atoms with Gasteiger partial charge in [-0.2, -0.15) is 0 Å². The van der Waals surface area contributed by atoms with E-state index in [1.807, 2.05) is 13.8 Å². The molecule has 5 aromatic rings. The number of primary amides is 1. The predicted octanol–water partition coefficient (Wildman–Crippen LogP) is 4.11. The molecule has 6 aliphatic rings. The first-order valence-corrected chi connectivity index (χ1v) is 29.2. The normalized spacial score (nSPS) is 26.2. The van der Waals surface area contributed by atoms with Gasteiger partial charge in [-0.3, -0.25) is 28.8 Å². The molecule has 6 heterocycles. The monoisotopic (exact) mass is 1270 g/mol. The highest BCUT2D eigenvalue weighted by molar-refractivity contribution is 7.80. The molecule has 1 saturated heterocycles. The standard InChI is InChI=1S/C61H65Cl2N5O19S/c1-24(2)10-37(65-3)60(83)68-51-41(74)15-29(18-48(64)75)58(81)67-50-28-16-44(57(87-61-56(80)55(79)54(78)46(23-69)86-61)45(17-28)85-43-9-6-27(53(51)77)14-36(43)63)84-42-8-5-26(13-35(42)62)52(76)34-20-39(72)32(21-47(50)88)25-4-7-38(71)33(12-25)49-30(22-66-59(34)82)11-31(70)19-40(49)73/h4-9,11-14,16-17,19,24,29,32,34,37,46,50-56,61,65,69-71,73,76-80H,10,15,18,20-23H2,1-3H3,(H2,64,75)(H,66,82)(H,67,81)(H,68,83)/t29-,32-,34-,37+,46?,50+,51-,52+,53+,54?,55-,56+,61?/m0/s1. The average molecular weight is 1280 g/mol. The Morgan fingerprint density at radius 1 is 0.750 bits per heavy atom. The number of hydrogen-bond donors (Lipinski definition) is 14. The van der Waals surface area contributed by atoms with Crippen molar-refractivity contribution in [1.82, 2.24) is 21.3 Å². The number of carbonyl (C=O) groups is 6. The first-order valence-electron chi connectivity index (χ1n) is 28.0. The minimum atomic E-state index is -2.06. The molecule has 0 aromatic heterocycles. The number of likely N-dealkylation sites (N-methyl/N-ethyl adjacent to an activating group) is 1. The number of aromatic hydroxyl groups is 3. The number of thiocarbonyl (C=S) groups is 1. The van der Waals surface area contributed by atoms with Crippen LogP contribution in [0.3, 0.4) is 0 Å². The van der Waals surface area contributed by atoms with Gasteiger partial charge in [-0.1, -0.05) is 67.5 Å². The summed E-state index contributed by atoms with van der Waals surface area (Å²) in [6.45, 7) is 2.45. The number of aliphatic hydroxyl groups excluding tert-OH is 6. The number of rotatable bonds is 10. The van der Waals surface area contributed by atoms with Crippen molar-refractivity contribution in [2.24, 2.45) is 23.5 Å². The molecule has 24 nitrogen and oxygen atoms in total. The summed E-state index contributed by atoms with van der Waals surface area (Å²) in [6.07, 6.45) is -15.7. The van der Waals surface area contributed by atoms with Gasteiger partial charge in [0.15, 0.2) is 17.3 Å². The van der Waals surface area contributed by atoms with E-state index in [1.165, 1.54) is 79.8 Å². The van der Waals surface area contributed by atoms with E-state index in [-0.39, 0.29) is 71.3 Å². The van der Waals surface area contributed by atoms with Crippen molar-refractivity contribution < 1.29 is 93.7 Å². The summed E-state index contributed by atoms with van der Waals surface area (Å²) >= 11 is 20.3. The van der Waals surface area contributed by atoms with Crippen LogP contribution < -0.4 is 41.2 Å². The maximum atomic E-state index is 15.4. The predicted molar refractivity (Wildman–Crippen MR) is 318 cm³/mol. The number of phenolic OH excluding ortho intramolecular Hbond substituents is 3. The summed E-state index contributed by atoms with van der Waals surface area (Å²) < 4.78 is 25.3. The molecule has 6 aliphatic heterocycles. The lowest BCUT2D eigenvalue weighted by Gasteiger charge is -2.39. The Morgan fingerprint density at radius 2 is 1.39 bits per heavy atom. The third-order valence-electron chi connectivity index (χ3n) is 16.0. The number of amides is 4. The van der Waals surface area contributed by atoms with Gasteiger partial charge >= 0.3 is 0 Å². The second-order valence-corrected chi connectivity index (χ2v) is 23.9. The number of carbonyl (C=O) groups excluding carboxylic acids is 6. The second kappa shape index (κ2) is 27.1. The van der Waals surface area contributed by atoms with Gasteiger partial charge in [0.1, 0.15) is 71.1 Å². The summed E-state index contributed by atoms with van der Waals surface area (Å²) in [4.78, 5) is 86.8. The molecule has 0 aliphatic carbocycles. The van der Waals surface area contributed by atoms with Gasteiger partial charge in [0.05, 0.1) is 46.7 Å². The van der Waals surface area contributed by atoms with Crippen molar-refractivity contribution in [2.75, 3.05) is 13.7 Å². The molecule has 0 saturated carbocycles. The van der Waals surface area contributed by atoms with Gasteiger partial charge in [-0.15, -0.1) is 0 Å². The lowest BCUT2D eigenvalue weighted by atomic mass is 9.80. The van der Waals surface area contributed by atoms with Crippen molar-refractivity contribution in [3.05, 3.63) is 117 Å². The number of nitrogens with one attached hydrogen (secondary N) is 4. The number of nitrogens with two attached hydrogens (primary N) is 1. The van der Waals surface area contributed by atoms with Crippen LogP contribution in [0, 0.1) is 17.8 Å². The van der Waals surface area contributed by atoms with Crippen LogP contribution in [0.15, 0.2) is 78.9 Å². The van der Waals surface area contributed by atoms with E-state index in [9.17, 15) is 65.1 Å². The number of phenols is 3. The molecule has 5 aromatic carbocycles. The Hall–Kier alpha value is -7.53. The minimum absolute atomic E-state index is 0.000127. The Kier molecular flexibility index (Phi) is 20.0. The maximum Gasteiger partial charge on any atom is 0.237 e. The lowest BCUT2D eigenvalue weighted by molar-refractivity contribution is -0.277. The van der Waals surface area contributed by atoms with E-state index in [0.717, 1.165) is 6.07 Å². The van der Waals surface area contributed by atoms with Gasteiger partial charge in [0.25, 0.3) is 0 Å².